The van der Waals surface area contributed by atoms with Crippen molar-refractivity contribution in [3.8, 4) is 17.2 Å². The Kier molecular flexibility index (Phi) is 12.7. The Morgan fingerprint density at radius 2 is 1.22 bits per heavy atom. The molecule has 4 heteroatoms. The van der Waals surface area contributed by atoms with Gasteiger partial charge in [-0.2, -0.15) is 0 Å². The molecule has 0 aliphatic carbocycles. The number of allylic oxidation sites excluding steroid dienone is 1. The van der Waals surface area contributed by atoms with E-state index in [-0.39, 0.29) is 5.97 Å². The van der Waals surface area contributed by atoms with Crippen LogP contribution in [0.4, 0.5) is 0 Å². The van der Waals surface area contributed by atoms with E-state index in [2.05, 4.69) is 13.5 Å². The maximum atomic E-state index is 12.4. The molecule has 0 aliphatic heterocycles. The van der Waals surface area contributed by atoms with Crippen LogP contribution in [0.25, 0.3) is 0 Å². The smallest absolute Gasteiger partial charge is 0.343 e. The Morgan fingerprint density at radius 1 is 0.719 bits per heavy atom. The van der Waals surface area contributed by atoms with E-state index in [1.807, 2.05) is 30.3 Å². The Bertz CT molecular complexity index is 765. The number of esters is 1. The second-order valence-corrected chi connectivity index (χ2v) is 7.99. The van der Waals surface area contributed by atoms with Crippen LogP contribution in [0.5, 0.6) is 17.2 Å². The number of carbonyl (C=O) groups excluding carboxylic acids is 1. The molecule has 0 radical (unpaired) electrons. The average Bonchev–Trinajstić information content (AvgIpc) is 2.82. The number of carbonyl (C=O) groups is 1. The van der Waals surface area contributed by atoms with Gasteiger partial charge in [0.15, 0.2) is 0 Å². The molecule has 2 rings (SSSR count). The summed E-state index contributed by atoms with van der Waals surface area (Å²) in [5.41, 5.74) is 0.496. The monoisotopic (exact) mass is 438 g/mol. The molecule has 0 unspecified atom stereocenters. The number of rotatable bonds is 17. The van der Waals surface area contributed by atoms with Crippen LogP contribution >= 0.6 is 0 Å². The quantitative estimate of drug-likeness (QED) is 0.109. The van der Waals surface area contributed by atoms with Crippen LogP contribution in [0, 0.1) is 0 Å². The van der Waals surface area contributed by atoms with Crippen LogP contribution < -0.4 is 14.2 Å². The van der Waals surface area contributed by atoms with Gasteiger partial charge >= 0.3 is 5.97 Å². The first-order chi connectivity index (χ1) is 15.7. The molecule has 0 atom stereocenters. The SMILES string of the molecule is C=CCCCCCCCOc1ccc(C(=O)Oc2ccc(OCCCCCC)cc2)cc1. The number of hydrogen-bond donors (Lipinski definition) is 0. The second-order valence-electron chi connectivity index (χ2n) is 7.99. The van der Waals surface area contributed by atoms with Gasteiger partial charge in [0.1, 0.15) is 17.2 Å². The lowest BCUT2D eigenvalue weighted by molar-refractivity contribution is 0.0734. The summed E-state index contributed by atoms with van der Waals surface area (Å²) < 4.78 is 17.0. The topological polar surface area (TPSA) is 44.8 Å². The van der Waals surface area contributed by atoms with Gasteiger partial charge in [0.05, 0.1) is 18.8 Å². The molecule has 2 aromatic carbocycles. The van der Waals surface area contributed by atoms with E-state index in [0.717, 1.165) is 30.8 Å². The predicted octanol–water partition coefficient (Wildman–Crippen LogP) is 7.77. The lowest BCUT2D eigenvalue weighted by Gasteiger charge is -2.09. The van der Waals surface area contributed by atoms with Gasteiger partial charge in [-0.15, -0.1) is 6.58 Å². The average molecular weight is 439 g/mol. The Balaban J connectivity index is 1.67. The summed E-state index contributed by atoms with van der Waals surface area (Å²) >= 11 is 0. The summed E-state index contributed by atoms with van der Waals surface area (Å²) in [6.07, 6.45) is 13.7. The zero-order valence-corrected chi connectivity index (χ0v) is 19.5. The molecule has 32 heavy (non-hydrogen) atoms. The predicted molar refractivity (Wildman–Crippen MR) is 131 cm³/mol. The van der Waals surface area contributed by atoms with Crippen LogP contribution in [0.3, 0.4) is 0 Å². The second kappa shape index (κ2) is 16.0. The zero-order chi connectivity index (χ0) is 22.9. The lowest BCUT2D eigenvalue weighted by Crippen LogP contribution is -2.08. The fraction of sp³-hybridized carbons (Fsp3) is 0.464. The third-order valence-corrected chi connectivity index (χ3v) is 5.21. The number of benzene rings is 2. The molecule has 0 spiro atoms. The van der Waals surface area contributed by atoms with Gasteiger partial charge in [-0.05, 0) is 74.2 Å². The van der Waals surface area contributed by atoms with Gasteiger partial charge < -0.3 is 14.2 Å². The summed E-state index contributed by atoms with van der Waals surface area (Å²) in [6, 6.07) is 14.3. The highest BCUT2D eigenvalue weighted by atomic mass is 16.5. The molecule has 0 heterocycles. The van der Waals surface area contributed by atoms with Crippen molar-refractivity contribution in [1.82, 2.24) is 0 Å². The van der Waals surface area contributed by atoms with Crippen molar-refractivity contribution < 1.29 is 19.0 Å². The molecule has 0 saturated carbocycles. The van der Waals surface area contributed by atoms with Crippen LogP contribution in [0.2, 0.25) is 0 Å². The minimum absolute atomic E-state index is 0.385. The van der Waals surface area contributed by atoms with E-state index < -0.39 is 0 Å². The molecular weight excluding hydrogens is 400 g/mol. The van der Waals surface area contributed by atoms with Crippen LogP contribution in [-0.2, 0) is 0 Å². The molecular formula is C28H38O4. The van der Waals surface area contributed by atoms with Crippen LogP contribution in [0.15, 0.2) is 61.2 Å². The summed E-state index contributed by atoms with van der Waals surface area (Å²) in [4.78, 5) is 12.4. The van der Waals surface area contributed by atoms with Gasteiger partial charge in [-0.25, -0.2) is 4.79 Å². The first-order valence-electron chi connectivity index (χ1n) is 12.0. The van der Waals surface area contributed by atoms with Crippen molar-refractivity contribution in [2.75, 3.05) is 13.2 Å². The third kappa shape index (κ3) is 10.5. The van der Waals surface area contributed by atoms with Gasteiger partial charge in [0.25, 0.3) is 0 Å². The first kappa shape index (κ1) is 25.5. The van der Waals surface area contributed by atoms with E-state index in [0.29, 0.717) is 24.5 Å². The van der Waals surface area contributed by atoms with Crippen molar-refractivity contribution in [2.24, 2.45) is 0 Å². The number of hydrogen-bond acceptors (Lipinski definition) is 4. The molecule has 4 nitrogen and oxygen atoms in total. The van der Waals surface area contributed by atoms with Crippen molar-refractivity contribution in [3.63, 3.8) is 0 Å². The van der Waals surface area contributed by atoms with Crippen molar-refractivity contribution in [2.45, 2.75) is 71.1 Å². The van der Waals surface area contributed by atoms with Crippen molar-refractivity contribution in [3.05, 3.63) is 66.7 Å². The Hall–Kier alpha value is -2.75. The maximum absolute atomic E-state index is 12.4. The highest BCUT2D eigenvalue weighted by Crippen LogP contribution is 2.20. The number of ether oxygens (including phenoxy) is 3. The summed E-state index contributed by atoms with van der Waals surface area (Å²) in [6.45, 7) is 7.34. The van der Waals surface area contributed by atoms with E-state index in [4.69, 9.17) is 14.2 Å². The van der Waals surface area contributed by atoms with E-state index in [1.165, 1.54) is 44.9 Å². The minimum atomic E-state index is -0.385. The fourth-order valence-electron chi connectivity index (χ4n) is 3.29. The standard InChI is InChI=1S/C28H38O4/c1-3-5-7-9-10-11-13-23-30-25-16-14-24(15-17-25)28(29)32-27-20-18-26(19-21-27)31-22-12-8-6-4-2/h3,14-21H,1,4-13,22-23H2,2H3. The van der Waals surface area contributed by atoms with Crippen molar-refractivity contribution in [1.29, 1.82) is 0 Å². The molecule has 0 N–H and O–H groups in total. The molecule has 0 aromatic heterocycles. The Morgan fingerprint density at radius 3 is 1.81 bits per heavy atom. The highest BCUT2D eigenvalue weighted by Gasteiger charge is 2.09. The molecule has 174 valence electrons. The lowest BCUT2D eigenvalue weighted by atomic mass is 10.1. The first-order valence-corrected chi connectivity index (χ1v) is 12.0. The molecule has 0 bridgehead atoms. The normalized spacial score (nSPS) is 10.5. The van der Waals surface area contributed by atoms with Crippen LogP contribution in [-0.4, -0.2) is 19.2 Å². The minimum Gasteiger partial charge on any atom is -0.494 e. The van der Waals surface area contributed by atoms with Crippen molar-refractivity contribution >= 4 is 5.97 Å². The van der Waals surface area contributed by atoms with Gasteiger partial charge in [-0.1, -0.05) is 51.5 Å². The summed E-state index contributed by atoms with van der Waals surface area (Å²) in [7, 11) is 0. The van der Waals surface area contributed by atoms with Crippen LogP contribution in [0.1, 0.15) is 81.5 Å². The molecule has 2 aromatic rings. The maximum Gasteiger partial charge on any atom is 0.343 e. The van der Waals surface area contributed by atoms with E-state index in [9.17, 15) is 4.79 Å². The fourth-order valence-corrected chi connectivity index (χ4v) is 3.29. The summed E-state index contributed by atoms with van der Waals surface area (Å²) in [5.74, 6) is 1.68. The Labute approximate surface area is 193 Å². The van der Waals surface area contributed by atoms with E-state index in [1.54, 1.807) is 24.3 Å². The largest absolute Gasteiger partial charge is 0.494 e. The summed E-state index contributed by atoms with van der Waals surface area (Å²) in [5, 5.41) is 0. The highest BCUT2D eigenvalue weighted by molar-refractivity contribution is 5.91. The molecule has 0 saturated heterocycles. The molecule has 0 fully saturated rings. The van der Waals surface area contributed by atoms with Gasteiger partial charge in [-0.3, -0.25) is 0 Å². The van der Waals surface area contributed by atoms with Gasteiger partial charge in [0.2, 0.25) is 0 Å². The molecule has 0 amide bonds. The third-order valence-electron chi connectivity index (χ3n) is 5.21. The van der Waals surface area contributed by atoms with E-state index >= 15 is 0 Å². The zero-order valence-electron chi connectivity index (χ0n) is 19.5. The molecule has 0 aliphatic rings. The van der Waals surface area contributed by atoms with Gasteiger partial charge in [0, 0.05) is 0 Å². The number of unbranched alkanes of at least 4 members (excludes halogenated alkanes) is 8.